The molecule has 0 saturated carbocycles. The largest absolute Gasteiger partial charge is 0.497 e. The van der Waals surface area contributed by atoms with Crippen molar-refractivity contribution < 1.29 is 37.6 Å². The summed E-state index contributed by atoms with van der Waals surface area (Å²) in [4.78, 5) is 40.1. The minimum Gasteiger partial charge on any atom is -0.497 e. The molecule has 1 aliphatic heterocycles. The predicted octanol–water partition coefficient (Wildman–Crippen LogP) is 8.18. The van der Waals surface area contributed by atoms with Crippen molar-refractivity contribution in [3.63, 3.8) is 0 Å². The summed E-state index contributed by atoms with van der Waals surface area (Å²) < 4.78 is 50.0. The minimum atomic E-state index is -2.63. The molecule has 0 amide bonds. The van der Waals surface area contributed by atoms with Crippen LogP contribution in [-0.4, -0.2) is 93.9 Å². The third-order valence-electron chi connectivity index (χ3n) is 12.5. The van der Waals surface area contributed by atoms with Crippen molar-refractivity contribution in [3.8, 4) is 11.5 Å². The van der Waals surface area contributed by atoms with Crippen LogP contribution < -0.4 is 15.0 Å². The van der Waals surface area contributed by atoms with Gasteiger partial charge in [-0.2, -0.15) is 0 Å². The number of ether oxygens (including phenoxy) is 6. The molecule has 4 heterocycles. The smallest absolute Gasteiger partial charge is 0.338 e. The maximum atomic E-state index is 14.0. The van der Waals surface area contributed by atoms with E-state index in [9.17, 15) is 9.59 Å². The number of imidazole rings is 2. The normalized spacial score (nSPS) is 17.6. The summed E-state index contributed by atoms with van der Waals surface area (Å²) in [7, 11) is 0.627. The molecule has 0 unspecified atom stereocenters. The molecule has 348 valence electrons. The number of benzene rings is 4. The number of esters is 1. The Hall–Kier alpha value is -6.50. The monoisotopic (exact) mass is 942 g/mol. The molecule has 15 nitrogen and oxygen atoms in total. The Balaban J connectivity index is 1.20. The van der Waals surface area contributed by atoms with Crippen LogP contribution >= 0.6 is 12.2 Å². The van der Waals surface area contributed by atoms with Crippen LogP contribution in [0.5, 0.6) is 11.5 Å². The van der Waals surface area contributed by atoms with Gasteiger partial charge in [-0.05, 0) is 83.4 Å². The Kier molecular flexibility index (Phi) is 13.9. The minimum absolute atomic E-state index is 0.0351. The first-order chi connectivity index (χ1) is 32.2. The van der Waals surface area contributed by atoms with Gasteiger partial charge in [-0.1, -0.05) is 93.6 Å². The van der Waals surface area contributed by atoms with Gasteiger partial charge < -0.3 is 32.8 Å². The number of rotatable bonds is 16. The Labute approximate surface area is 395 Å². The number of aromatic nitrogens is 6. The highest BCUT2D eigenvalue weighted by molar-refractivity contribution is 7.80. The Morgan fingerprint density at radius 1 is 0.791 bits per heavy atom. The molecule has 7 aromatic rings. The molecule has 0 N–H and O–H groups in total. The number of hydrogen-bond donors (Lipinski definition) is 0. The quantitative estimate of drug-likeness (QED) is 0.0397. The fourth-order valence-corrected chi connectivity index (χ4v) is 9.37. The van der Waals surface area contributed by atoms with Crippen LogP contribution in [0.3, 0.4) is 0 Å². The summed E-state index contributed by atoms with van der Waals surface area (Å²) in [6, 6.07) is 34.2. The molecule has 4 aromatic carbocycles. The Bertz CT molecular complexity index is 2790. The van der Waals surface area contributed by atoms with E-state index in [1.54, 1.807) is 66.3 Å². The lowest BCUT2D eigenvalue weighted by Gasteiger charge is -2.40. The van der Waals surface area contributed by atoms with Gasteiger partial charge in [-0.25, -0.2) is 19.7 Å². The van der Waals surface area contributed by atoms with Crippen LogP contribution in [-0.2, 0) is 35.5 Å². The lowest BCUT2D eigenvalue weighted by molar-refractivity contribution is -0.0928. The molecule has 8 rings (SSSR count). The molecular weight excluding hydrogens is 889 g/mol. The second-order valence-corrected chi connectivity index (χ2v) is 22.7. The van der Waals surface area contributed by atoms with E-state index in [-0.39, 0.29) is 41.1 Å². The zero-order chi connectivity index (χ0) is 47.3. The second kappa shape index (κ2) is 19.8. The highest BCUT2D eigenvalue weighted by Gasteiger charge is 2.54. The number of carbonyl (C=O) groups is 1. The molecule has 1 fully saturated rings. The molecule has 0 aliphatic carbocycles. The maximum absolute atomic E-state index is 14.0. The van der Waals surface area contributed by atoms with Gasteiger partial charge in [-0.3, -0.25) is 18.5 Å². The fraction of sp³-hybridized carbons (Fsp3) is 0.320. The summed E-state index contributed by atoms with van der Waals surface area (Å²) in [5.74, 6) is 0.887. The predicted molar refractivity (Wildman–Crippen MR) is 258 cm³/mol. The molecule has 4 atom stereocenters. The molecule has 1 saturated heterocycles. The van der Waals surface area contributed by atoms with E-state index in [0.717, 1.165) is 16.7 Å². The van der Waals surface area contributed by atoms with E-state index in [0.29, 0.717) is 17.1 Å². The number of nitrogens with zero attached hydrogens (tertiary/aromatic N) is 6. The Morgan fingerprint density at radius 3 is 1.99 bits per heavy atom. The van der Waals surface area contributed by atoms with Crippen LogP contribution in [0.4, 0.5) is 0 Å². The topological polar surface area (TPSA) is 152 Å². The van der Waals surface area contributed by atoms with E-state index < -0.39 is 50.0 Å². The van der Waals surface area contributed by atoms with Crippen molar-refractivity contribution in [1.82, 2.24) is 28.7 Å². The van der Waals surface area contributed by atoms with E-state index >= 15 is 0 Å². The molecule has 1 aliphatic rings. The van der Waals surface area contributed by atoms with Crippen LogP contribution in [0.1, 0.15) is 54.0 Å². The van der Waals surface area contributed by atoms with Crippen molar-refractivity contribution in [2.24, 2.45) is 0 Å². The van der Waals surface area contributed by atoms with E-state index in [1.165, 1.54) is 17.2 Å². The van der Waals surface area contributed by atoms with Crippen LogP contribution in [0.2, 0.25) is 18.1 Å². The summed E-state index contributed by atoms with van der Waals surface area (Å²) in [5, 5.41) is -0.107. The summed E-state index contributed by atoms with van der Waals surface area (Å²) in [6.45, 7) is 10.8. The first-order valence-corrected chi connectivity index (χ1v) is 25.2. The van der Waals surface area contributed by atoms with E-state index in [4.69, 9.17) is 50.0 Å². The molecule has 17 heteroatoms. The fourth-order valence-electron chi connectivity index (χ4n) is 7.86. The highest BCUT2D eigenvalue weighted by atomic mass is 32.1. The SMILES string of the molecule is COc1ccc(C(OC[C@H]2O[C@@H](n3cnc4c(=O)n(CCOC(=O)c5ccccc5)cnc43)[C@H](O[Si](C)(C)C(C)(C)C)[C@@H]2OC(=S)n2ccnc2)(c2ccccc2)c2ccc(OC)cc2)cc1. The summed E-state index contributed by atoms with van der Waals surface area (Å²) in [6.07, 6.45) is 4.40. The van der Waals surface area contributed by atoms with Gasteiger partial charge in [0.2, 0.25) is 0 Å². The molecule has 0 bridgehead atoms. The third kappa shape index (κ3) is 9.69. The maximum Gasteiger partial charge on any atom is 0.338 e. The lowest BCUT2D eigenvalue weighted by Crippen LogP contribution is -2.50. The molecule has 3 aromatic heterocycles. The first-order valence-electron chi connectivity index (χ1n) is 21.9. The van der Waals surface area contributed by atoms with Gasteiger partial charge in [0.15, 0.2) is 31.8 Å². The molecule has 67 heavy (non-hydrogen) atoms. The third-order valence-corrected chi connectivity index (χ3v) is 17.3. The van der Waals surface area contributed by atoms with Crippen molar-refractivity contribution in [3.05, 3.63) is 173 Å². The van der Waals surface area contributed by atoms with Crippen LogP contribution in [0, 0.1) is 0 Å². The number of hydrogen-bond acceptors (Lipinski definition) is 13. The lowest BCUT2D eigenvalue weighted by atomic mass is 9.80. The number of carbonyl (C=O) groups excluding carboxylic acids is 1. The number of thiocarbonyl (C=S) groups is 1. The zero-order valence-corrected chi connectivity index (χ0v) is 40.3. The molecular formula is C50H54N6O9SSi. The van der Waals surface area contributed by atoms with Gasteiger partial charge in [0.1, 0.15) is 48.6 Å². The van der Waals surface area contributed by atoms with Crippen molar-refractivity contribution in [2.45, 2.75) is 75.6 Å². The van der Waals surface area contributed by atoms with Crippen molar-refractivity contribution in [1.29, 1.82) is 0 Å². The van der Waals surface area contributed by atoms with Gasteiger partial charge in [-0.15, -0.1) is 0 Å². The standard InChI is InChI=1S/C50H54N6O9SSi/c1-49(2,3)67(6,7)65-43-42(64-48(66)55-27-26-51-31-55)40(63-46(43)56-33-52-41-44(56)53-32-54(45(41)57)28-29-61-47(58)34-14-10-8-11-15-34)30-62-50(35-16-12-9-13-17-35,36-18-22-38(59-4)23-19-36)37-20-24-39(60-5)25-21-37/h8-27,31-33,40,42-43,46H,28-30H2,1-7H3/t40-,42-,43-,46-/m1/s1. The Morgan fingerprint density at radius 2 is 1.40 bits per heavy atom. The second-order valence-electron chi connectivity index (χ2n) is 17.6. The average molecular weight is 943 g/mol. The van der Waals surface area contributed by atoms with E-state index in [1.807, 2.05) is 84.9 Å². The first kappa shape index (κ1) is 47.0. The number of fused-ring (bicyclic) bond motifs is 1. The van der Waals surface area contributed by atoms with Crippen molar-refractivity contribution >= 4 is 42.8 Å². The summed E-state index contributed by atoms with van der Waals surface area (Å²) >= 11 is 5.92. The van der Waals surface area contributed by atoms with Gasteiger partial charge in [0.05, 0.1) is 39.3 Å². The van der Waals surface area contributed by atoms with Gasteiger partial charge >= 0.3 is 5.97 Å². The van der Waals surface area contributed by atoms with E-state index in [2.05, 4.69) is 43.8 Å². The average Bonchev–Trinajstić information content (AvgIpc) is 4.11. The van der Waals surface area contributed by atoms with Crippen molar-refractivity contribution in [2.75, 3.05) is 27.4 Å². The zero-order valence-electron chi connectivity index (χ0n) is 38.5. The number of methoxy groups -OCH3 is 2. The highest BCUT2D eigenvalue weighted by Crippen LogP contribution is 2.46. The van der Waals surface area contributed by atoms with Gasteiger partial charge in [0.25, 0.3) is 10.7 Å². The van der Waals surface area contributed by atoms with Crippen LogP contribution in [0.25, 0.3) is 11.2 Å². The van der Waals surface area contributed by atoms with Crippen LogP contribution in [0.15, 0.2) is 145 Å². The summed E-state index contributed by atoms with van der Waals surface area (Å²) in [5.41, 5.74) is 1.68. The molecule has 0 spiro atoms. The molecule has 0 radical (unpaired) electrons. The van der Waals surface area contributed by atoms with Gasteiger partial charge in [0, 0.05) is 12.4 Å².